The summed E-state index contributed by atoms with van der Waals surface area (Å²) in [4.78, 5) is 70.3. The fraction of sp³-hybridized carbons (Fsp3) is 0.647. The highest BCUT2D eigenvalue weighted by Gasteiger charge is 2.32. The summed E-state index contributed by atoms with van der Waals surface area (Å²) < 4.78 is 0. The fourth-order valence-electron chi connectivity index (χ4n) is 2.26. The van der Waals surface area contributed by atoms with Crippen LogP contribution in [-0.2, 0) is 28.8 Å². The number of nitrogens with two attached hydrogens (primary N) is 1. The van der Waals surface area contributed by atoms with Crippen molar-refractivity contribution >= 4 is 35.6 Å². The molecule has 6 atom stereocenters. The number of aliphatic carboxylic acids is 2. The Hall–Kier alpha value is -3.38. The minimum atomic E-state index is -1.87. The fourth-order valence-corrected chi connectivity index (χ4v) is 2.26. The average molecular weight is 495 g/mol. The molecule has 0 saturated heterocycles. The highest BCUT2D eigenvalue weighted by molar-refractivity contribution is 5.96. The second-order valence-corrected chi connectivity index (χ2v) is 6.99. The van der Waals surface area contributed by atoms with Gasteiger partial charge < -0.3 is 57.6 Å². The Kier molecular flexibility index (Phi) is 13.2. The van der Waals surface area contributed by atoms with Gasteiger partial charge in [0.1, 0.15) is 30.2 Å². The molecule has 17 nitrogen and oxygen atoms in total. The van der Waals surface area contributed by atoms with Gasteiger partial charge in [0.05, 0.1) is 32.3 Å². The molecule has 194 valence electrons. The van der Waals surface area contributed by atoms with E-state index in [1.54, 1.807) is 0 Å². The molecule has 0 aliphatic rings. The quantitative estimate of drug-likeness (QED) is 0.101. The van der Waals surface area contributed by atoms with Gasteiger partial charge in [-0.1, -0.05) is 0 Å². The van der Waals surface area contributed by atoms with Gasteiger partial charge in [0.25, 0.3) is 0 Å². The molecular weight excluding hydrogens is 466 g/mol. The predicted molar refractivity (Wildman–Crippen MR) is 109 cm³/mol. The van der Waals surface area contributed by atoms with Crippen molar-refractivity contribution in [3.63, 3.8) is 0 Å². The zero-order valence-electron chi connectivity index (χ0n) is 18.0. The Labute approximate surface area is 192 Å². The van der Waals surface area contributed by atoms with Gasteiger partial charge in [0.15, 0.2) is 0 Å². The second-order valence-electron chi connectivity index (χ2n) is 6.99. The number of hydrogen-bond acceptors (Lipinski definition) is 11. The molecule has 0 fully saturated rings. The predicted octanol–water partition coefficient (Wildman–Crippen LogP) is -6.83. The molecule has 0 spiro atoms. The van der Waals surface area contributed by atoms with Crippen molar-refractivity contribution in [2.45, 2.75) is 49.7 Å². The molecule has 0 unspecified atom stereocenters. The average Bonchev–Trinajstić information content (AvgIpc) is 2.76. The standard InChI is InChI=1S/C17H29N5O12/c1-6(26)12(18)16(32)22-10(5-25)15(31)21-9(4-24)14(30)20-8(3-23)13(29)19-7(17(33)34)2-11(27)28/h6-10,12,23-26H,2-5,18H2,1H3,(H,19,29)(H,20,30)(H,21,31)(H,22,32)(H,27,28)(H,33,34)/t6-,7+,8+,9+,10+,12+/m1/s1. The van der Waals surface area contributed by atoms with Crippen LogP contribution in [0.1, 0.15) is 13.3 Å². The van der Waals surface area contributed by atoms with Crippen LogP contribution in [0.4, 0.5) is 0 Å². The van der Waals surface area contributed by atoms with Crippen molar-refractivity contribution in [3.05, 3.63) is 0 Å². The van der Waals surface area contributed by atoms with Crippen molar-refractivity contribution in [2.24, 2.45) is 5.73 Å². The Balaban J connectivity index is 5.19. The molecule has 0 aromatic heterocycles. The van der Waals surface area contributed by atoms with Gasteiger partial charge in [-0.25, -0.2) is 4.79 Å². The molecule has 4 amide bonds. The van der Waals surface area contributed by atoms with E-state index in [0.717, 1.165) is 0 Å². The largest absolute Gasteiger partial charge is 0.481 e. The van der Waals surface area contributed by atoms with Gasteiger partial charge in [0.2, 0.25) is 23.6 Å². The lowest BCUT2D eigenvalue weighted by atomic mass is 10.1. The van der Waals surface area contributed by atoms with E-state index in [4.69, 9.17) is 15.9 Å². The van der Waals surface area contributed by atoms with Crippen LogP contribution < -0.4 is 27.0 Å². The van der Waals surface area contributed by atoms with E-state index in [0.29, 0.717) is 0 Å². The van der Waals surface area contributed by atoms with Crippen molar-refractivity contribution in [3.8, 4) is 0 Å². The number of aliphatic hydroxyl groups excluding tert-OH is 4. The van der Waals surface area contributed by atoms with Crippen LogP contribution in [0.2, 0.25) is 0 Å². The summed E-state index contributed by atoms with van der Waals surface area (Å²) >= 11 is 0. The minimum Gasteiger partial charge on any atom is -0.481 e. The number of amides is 4. The third kappa shape index (κ3) is 10.0. The Morgan fingerprint density at radius 3 is 1.26 bits per heavy atom. The smallest absolute Gasteiger partial charge is 0.326 e. The van der Waals surface area contributed by atoms with E-state index in [-0.39, 0.29) is 0 Å². The number of rotatable bonds is 15. The van der Waals surface area contributed by atoms with E-state index in [1.807, 2.05) is 21.3 Å². The first-order chi connectivity index (χ1) is 15.8. The van der Waals surface area contributed by atoms with Crippen LogP contribution in [0, 0.1) is 0 Å². The topological polar surface area (TPSA) is 298 Å². The molecule has 17 heteroatoms. The first-order valence-corrected chi connectivity index (χ1v) is 9.71. The van der Waals surface area contributed by atoms with E-state index in [1.165, 1.54) is 6.92 Å². The molecule has 0 saturated carbocycles. The summed E-state index contributed by atoms with van der Waals surface area (Å²) in [5.74, 6) is -7.87. The monoisotopic (exact) mass is 495 g/mol. The van der Waals surface area contributed by atoms with Gasteiger partial charge in [-0.15, -0.1) is 0 Å². The van der Waals surface area contributed by atoms with Gasteiger partial charge in [-0.3, -0.25) is 24.0 Å². The molecule has 0 radical (unpaired) electrons. The van der Waals surface area contributed by atoms with Crippen molar-refractivity contribution in [1.82, 2.24) is 21.3 Å². The first-order valence-electron chi connectivity index (χ1n) is 9.71. The number of carbonyl (C=O) groups is 6. The second kappa shape index (κ2) is 14.7. The number of aliphatic hydroxyl groups is 4. The van der Waals surface area contributed by atoms with Crippen LogP contribution in [0.15, 0.2) is 0 Å². The normalized spacial score (nSPS) is 16.1. The summed E-state index contributed by atoms with van der Waals surface area (Å²) in [6.45, 7) is -1.84. The maximum absolute atomic E-state index is 12.3. The number of carbonyl (C=O) groups excluding carboxylic acids is 4. The highest BCUT2D eigenvalue weighted by atomic mass is 16.4. The summed E-state index contributed by atoms with van der Waals surface area (Å²) in [6, 6.07) is -8.47. The summed E-state index contributed by atoms with van der Waals surface area (Å²) in [7, 11) is 0. The summed E-state index contributed by atoms with van der Waals surface area (Å²) in [5.41, 5.74) is 5.41. The third-order valence-electron chi connectivity index (χ3n) is 4.26. The molecule has 0 rings (SSSR count). The number of carboxylic acid groups (broad SMARTS) is 2. The van der Waals surface area contributed by atoms with Crippen LogP contribution in [0.5, 0.6) is 0 Å². The van der Waals surface area contributed by atoms with Gasteiger partial charge in [-0.2, -0.15) is 0 Å². The molecule has 0 bridgehead atoms. The lowest BCUT2D eigenvalue weighted by Crippen LogP contribution is -2.61. The molecule has 0 aromatic carbocycles. The lowest BCUT2D eigenvalue weighted by Gasteiger charge is -2.24. The Bertz CT molecular complexity index is 761. The third-order valence-corrected chi connectivity index (χ3v) is 4.26. The number of carboxylic acids is 2. The zero-order valence-corrected chi connectivity index (χ0v) is 18.0. The zero-order chi connectivity index (χ0) is 26.6. The first kappa shape index (κ1) is 30.6. The minimum absolute atomic E-state index is 0.953. The Morgan fingerprint density at radius 1 is 0.676 bits per heavy atom. The van der Waals surface area contributed by atoms with Crippen LogP contribution in [0.3, 0.4) is 0 Å². The van der Waals surface area contributed by atoms with Crippen molar-refractivity contribution < 1.29 is 59.4 Å². The maximum atomic E-state index is 12.3. The van der Waals surface area contributed by atoms with E-state index in [9.17, 15) is 49.2 Å². The van der Waals surface area contributed by atoms with E-state index in [2.05, 4.69) is 0 Å². The Morgan fingerprint density at radius 2 is 1.00 bits per heavy atom. The van der Waals surface area contributed by atoms with Crippen molar-refractivity contribution in [1.29, 1.82) is 0 Å². The van der Waals surface area contributed by atoms with E-state index >= 15 is 0 Å². The summed E-state index contributed by atoms with van der Waals surface area (Å²) in [6.07, 6.45) is -2.27. The SMILES string of the molecule is C[C@@H](O)[C@H](N)C(=O)N[C@@H](CO)C(=O)N[C@@H](CO)C(=O)N[C@@H](CO)C(=O)N[C@@H](CC(=O)O)C(=O)O. The van der Waals surface area contributed by atoms with Crippen LogP contribution in [0.25, 0.3) is 0 Å². The van der Waals surface area contributed by atoms with Gasteiger partial charge >= 0.3 is 11.9 Å². The molecule has 0 aliphatic heterocycles. The van der Waals surface area contributed by atoms with Gasteiger partial charge in [0, 0.05) is 0 Å². The summed E-state index contributed by atoms with van der Waals surface area (Å²) in [5, 5.41) is 62.8. The van der Waals surface area contributed by atoms with E-state index < -0.39 is 98.1 Å². The highest BCUT2D eigenvalue weighted by Crippen LogP contribution is 1.97. The molecule has 12 N–H and O–H groups in total. The molecule has 0 aromatic rings. The van der Waals surface area contributed by atoms with Gasteiger partial charge in [-0.05, 0) is 6.92 Å². The lowest BCUT2D eigenvalue weighted by molar-refractivity contribution is -0.147. The van der Waals surface area contributed by atoms with Crippen LogP contribution >= 0.6 is 0 Å². The van der Waals surface area contributed by atoms with Crippen LogP contribution in [-0.4, -0.2) is 122 Å². The maximum Gasteiger partial charge on any atom is 0.326 e. The molecule has 0 heterocycles. The molecule has 0 aliphatic carbocycles. The molecule has 34 heavy (non-hydrogen) atoms. The number of hydrogen-bond donors (Lipinski definition) is 11. The number of nitrogens with one attached hydrogen (secondary N) is 4. The molecular formula is C17H29N5O12. The van der Waals surface area contributed by atoms with Crippen molar-refractivity contribution in [2.75, 3.05) is 19.8 Å².